The number of benzene rings is 1. The molecule has 0 aliphatic carbocycles. The Hall–Kier alpha value is -1.46. The normalized spacial score (nSPS) is 18.1. The van der Waals surface area contributed by atoms with Crippen LogP contribution in [0.1, 0.15) is 28.7 Å². The van der Waals surface area contributed by atoms with E-state index in [0.717, 1.165) is 16.2 Å². The van der Waals surface area contributed by atoms with Gasteiger partial charge in [0.1, 0.15) is 6.10 Å². The summed E-state index contributed by atoms with van der Waals surface area (Å²) in [6.45, 7) is 2.51. The van der Waals surface area contributed by atoms with Crippen molar-refractivity contribution in [3.8, 4) is 0 Å². The molecule has 1 fully saturated rings. The van der Waals surface area contributed by atoms with Gasteiger partial charge in [-0.1, -0.05) is 0 Å². The summed E-state index contributed by atoms with van der Waals surface area (Å²) in [7, 11) is -5.52. The molecule has 28 heavy (non-hydrogen) atoms. The molecule has 1 aliphatic heterocycles. The molecule has 2 aromatic rings. The number of sulfonamides is 2. The van der Waals surface area contributed by atoms with E-state index in [1.165, 1.54) is 28.6 Å². The van der Waals surface area contributed by atoms with E-state index in [1.54, 1.807) is 18.4 Å². The van der Waals surface area contributed by atoms with Crippen molar-refractivity contribution in [1.29, 1.82) is 0 Å². The van der Waals surface area contributed by atoms with Gasteiger partial charge in [-0.3, -0.25) is 4.31 Å². The van der Waals surface area contributed by atoms with Crippen molar-refractivity contribution in [3.05, 3.63) is 46.2 Å². The summed E-state index contributed by atoms with van der Waals surface area (Å²) in [4.78, 5) is 2.17. The highest BCUT2D eigenvalue weighted by Crippen LogP contribution is 2.26. The van der Waals surface area contributed by atoms with E-state index < -0.39 is 20.0 Å². The third-order valence-corrected chi connectivity index (χ3v) is 9.01. The van der Waals surface area contributed by atoms with Crippen LogP contribution in [0.3, 0.4) is 0 Å². The smallest absolute Gasteiger partial charge is 0.240 e. The molecular weight excluding hydrogens is 420 g/mol. The molecular formula is C18H24N2O5S3. The number of aryl methyl sites for hydroxylation is 1. The van der Waals surface area contributed by atoms with Crippen molar-refractivity contribution < 1.29 is 21.6 Å². The van der Waals surface area contributed by atoms with Crippen LogP contribution in [-0.4, -0.2) is 42.8 Å². The number of thiophene rings is 1. The van der Waals surface area contributed by atoms with Gasteiger partial charge in [-0.25, -0.2) is 21.6 Å². The van der Waals surface area contributed by atoms with Gasteiger partial charge in [0.25, 0.3) is 0 Å². The average molecular weight is 445 g/mol. The maximum atomic E-state index is 12.6. The van der Waals surface area contributed by atoms with E-state index >= 15 is 0 Å². The Bertz CT molecular complexity index is 1010. The number of rotatable bonds is 7. The zero-order chi connectivity index (χ0) is 20.4. The molecule has 1 aromatic carbocycles. The van der Waals surface area contributed by atoms with Gasteiger partial charge in [0, 0.05) is 30.0 Å². The van der Waals surface area contributed by atoms with Gasteiger partial charge < -0.3 is 4.74 Å². The fourth-order valence-electron chi connectivity index (χ4n) is 3.07. The van der Waals surface area contributed by atoms with Crippen LogP contribution >= 0.6 is 11.3 Å². The second-order valence-electron chi connectivity index (χ2n) is 6.61. The average Bonchev–Trinajstić information content (AvgIpc) is 3.08. The van der Waals surface area contributed by atoms with E-state index in [2.05, 4.69) is 4.72 Å². The van der Waals surface area contributed by atoms with Gasteiger partial charge in [-0.05, 0) is 56.2 Å². The first-order chi connectivity index (χ1) is 13.2. The number of methoxy groups -OCH3 is 1. The van der Waals surface area contributed by atoms with E-state index in [0.29, 0.717) is 18.7 Å². The highest BCUT2D eigenvalue weighted by Gasteiger charge is 2.26. The first kappa shape index (κ1) is 21.3. The number of hydrogen-bond acceptors (Lipinski definition) is 6. The van der Waals surface area contributed by atoms with Crippen LogP contribution in [0.5, 0.6) is 0 Å². The lowest BCUT2D eigenvalue weighted by molar-refractivity contribution is 0.110. The SMILES string of the molecule is CO[C@@H](CNS(=O)(=O)c1ccc(N2CCCCS2(=O)=O)cc1)c1ccc(C)s1. The third kappa shape index (κ3) is 4.74. The fourth-order valence-corrected chi connectivity index (χ4v) is 6.69. The van der Waals surface area contributed by atoms with E-state index in [4.69, 9.17) is 4.74 Å². The van der Waals surface area contributed by atoms with Crippen LogP contribution in [-0.2, 0) is 24.8 Å². The summed E-state index contributed by atoms with van der Waals surface area (Å²) in [5, 5.41) is 0. The monoisotopic (exact) mass is 444 g/mol. The fraction of sp³-hybridized carbons (Fsp3) is 0.444. The topological polar surface area (TPSA) is 92.8 Å². The number of hydrogen-bond donors (Lipinski definition) is 1. The standard InChI is InChI=1S/C18H24N2O5S3/c1-14-5-10-18(26-14)17(25-2)13-19-28(23,24)16-8-6-15(7-9-16)20-11-3-4-12-27(20,21)22/h5-10,17,19H,3-4,11-13H2,1-2H3/t17-/m0/s1. The Balaban J connectivity index is 1.71. The highest BCUT2D eigenvalue weighted by molar-refractivity contribution is 7.92. The largest absolute Gasteiger partial charge is 0.375 e. The Morgan fingerprint density at radius 2 is 1.89 bits per heavy atom. The minimum Gasteiger partial charge on any atom is -0.375 e. The van der Waals surface area contributed by atoms with Crippen LogP contribution in [0.15, 0.2) is 41.3 Å². The molecule has 7 nitrogen and oxygen atoms in total. The molecule has 0 saturated carbocycles. The van der Waals surface area contributed by atoms with Gasteiger partial charge in [-0.15, -0.1) is 11.3 Å². The van der Waals surface area contributed by atoms with Crippen LogP contribution in [0.2, 0.25) is 0 Å². The van der Waals surface area contributed by atoms with E-state index in [-0.39, 0.29) is 23.3 Å². The lowest BCUT2D eigenvalue weighted by Crippen LogP contribution is -2.37. The molecule has 1 N–H and O–H groups in total. The highest BCUT2D eigenvalue weighted by atomic mass is 32.2. The Morgan fingerprint density at radius 1 is 1.18 bits per heavy atom. The predicted octanol–water partition coefficient (Wildman–Crippen LogP) is 2.65. The van der Waals surface area contributed by atoms with Crippen molar-refractivity contribution in [2.45, 2.75) is 30.8 Å². The van der Waals surface area contributed by atoms with Crippen molar-refractivity contribution in [2.75, 3.05) is 30.3 Å². The van der Waals surface area contributed by atoms with Gasteiger partial charge in [0.2, 0.25) is 20.0 Å². The Kier molecular flexibility index (Phi) is 6.45. The van der Waals surface area contributed by atoms with Gasteiger partial charge in [0.05, 0.1) is 16.3 Å². The van der Waals surface area contributed by atoms with Crippen molar-refractivity contribution in [2.24, 2.45) is 0 Å². The molecule has 2 heterocycles. The predicted molar refractivity (Wildman–Crippen MR) is 111 cm³/mol. The molecule has 0 spiro atoms. The first-order valence-corrected chi connectivity index (χ1v) is 12.8. The number of anilines is 1. The first-order valence-electron chi connectivity index (χ1n) is 8.92. The molecule has 154 valence electrons. The molecule has 0 bridgehead atoms. The minimum absolute atomic E-state index is 0.0860. The quantitative estimate of drug-likeness (QED) is 0.709. The van der Waals surface area contributed by atoms with Gasteiger partial charge in [-0.2, -0.15) is 0 Å². The Morgan fingerprint density at radius 3 is 2.46 bits per heavy atom. The van der Waals surface area contributed by atoms with Crippen molar-refractivity contribution in [1.82, 2.24) is 4.72 Å². The lowest BCUT2D eigenvalue weighted by atomic mass is 10.3. The number of ether oxygens (including phenoxy) is 1. The summed E-state index contributed by atoms with van der Waals surface area (Å²) >= 11 is 1.56. The summed E-state index contributed by atoms with van der Waals surface area (Å²) < 4.78 is 58.9. The summed E-state index contributed by atoms with van der Waals surface area (Å²) in [5.41, 5.74) is 0.488. The second-order valence-corrected chi connectivity index (χ2v) is 11.7. The number of nitrogens with zero attached hydrogens (tertiary/aromatic N) is 1. The maximum absolute atomic E-state index is 12.6. The maximum Gasteiger partial charge on any atom is 0.240 e. The molecule has 0 unspecified atom stereocenters. The summed E-state index contributed by atoms with van der Waals surface area (Å²) in [5.74, 6) is 0.120. The third-order valence-electron chi connectivity index (χ3n) is 4.61. The summed E-state index contributed by atoms with van der Waals surface area (Å²) in [6, 6.07) is 9.82. The van der Waals surface area contributed by atoms with Gasteiger partial charge in [0.15, 0.2) is 0 Å². The number of nitrogens with one attached hydrogen (secondary N) is 1. The molecule has 1 atom stereocenters. The molecule has 10 heteroatoms. The second kappa shape index (κ2) is 8.50. The molecule has 1 aromatic heterocycles. The van der Waals surface area contributed by atoms with E-state index in [9.17, 15) is 16.8 Å². The van der Waals surface area contributed by atoms with Crippen LogP contribution in [0, 0.1) is 6.92 Å². The van der Waals surface area contributed by atoms with Crippen LogP contribution < -0.4 is 9.03 Å². The van der Waals surface area contributed by atoms with Crippen LogP contribution in [0.25, 0.3) is 0 Å². The zero-order valence-electron chi connectivity index (χ0n) is 15.8. The zero-order valence-corrected chi connectivity index (χ0v) is 18.2. The molecule has 0 radical (unpaired) electrons. The lowest BCUT2D eigenvalue weighted by Gasteiger charge is -2.28. The summed E-state index contributed by atoms with van der Waals surface area (Å²) in [6.07, 6.45) is 1.08. The molecule has 1 aliphatic rings. The van der Waals surface area contributed by atoms with Crippen molar-refractivity contribution >= 4 is 37.1 Å². The molecule has 0 amide bonds. The Labute approximate surface area is 170 Å². The molecule has 1 saturated heterocycles. The van der Waals surface area contributed by atoms with Gasteiger partial charge >= 0.3 is 0 Å². The molecule has 3 rings (SSSR count). The van der Waals surface area contributed by atoms with Crippen LogP contribution in [0.4, 0.5) is 5.69 Å². The minimum atomic E-state index is -3.74. The van der Waals surface area contributed by atoms with Crippen molar-refractivity contribution in [3.63, 3.8) is 0 Å². The van der Waals surface area contributed by atoms with E-state index in [1.807, 2.05) is 19.1 Å².